The van der Waals surface area contributed by atoms with Gasteiger partial charge in [0.05, 0.1) is 18.5 Å². The maximum Gasteiger partial charge on any atom is 0.233 e. The van der Waals surface area contributed by atoms with Gasteiger partial charge in [-0.2, -0.15) is 5.26 Å². The topological polar surface area (TPSA) is 64.9 Å². The zero-order valence-electron chi connectivity index (χ0n) is 10.8. The lowest BCUT2D eigenvalue weighted by Crippen LogP contribution is -2.44. The van der Waals surface area contributed by atoms with Gasteiger partial charge in [0.1, 0.15) is 0 Å². The second kappa shape index (κ2) is 7.29. The van der Waals surface area contributed by atoms with Crippen molar-refractivity contribution in [2.75, 3.05) is 13.1 Å². The molecule has 96 valence electrons. The molecule has 4 nitrogen and oxygen atoms in total. The number of hydrogen-bond acceptors (Lipinski definition) is 3. The number of nitrogens with one attached hydrogen (secondary N) is 2. The van der Waals surface area contributed by atoms with E-state index in [2.05, 4.69) is 30.6 Å². The highest BCUT2D eigenvalue weighted by Gasteiger charge is 2.24. The zero-order valence-corrected chi connectivity index (χ0v) is 10.8. The highest BCUT2D eigenvalue weighted by Crippen LogP contribution is 2.23. The standard InChI is InChI=1S/C13H23N3O/c1-10(2)8-16-13(17)9-15-12-6-4-3-5-11(12)7-14/h10-12,15H,3-6,8-9H2,1-2H3,(H,16,17). The molecule has 1 fully saturated rings. The minimum atomic E-state index is 0.0287. The Morgan fingerprint density at radius 1 is 1.41 bits per heavy atom. The van der Waals surface area contributed by atoms with Crippen LogP contribution >= 0.6 is 0 Å². The molecule has 2 N–H and O–H groups in total. The van der Waals surface area contributed by atoms with Gasteiger partial charge in [0.25, 0.3) is 0 Å². The number of carbonyl (C=O) groups is 1. The SMILES string of the molecule is CC(C)CNC(=O)CNC1CCCCC1C#N. The van der Waals surface area contributed by atoms with Crippen LogP contribution in [0.1, 0.15) is 39.5 Å². The van der Waals surface area contributed by atoms with E-state index in [0.717, 1.165) is 25.7 Å². The molecule has 1 aliphatic rings. The fraction of sp³-hybridized carbons (Fsp3) is 0.846. The average Bonchev–Trinajstić information content (AvgIpc) is 2.34. The van der Waals surface area contributed by atoms with Gasteiger partial charge in [0.2, 0.25) is 5.91 Å². The predicted molar refractivity (Wildman–Crippen MR) is 67.2 cm³/mol. The van der Waals surface area contributed by atoms with E-state index < -0.39 is 0 Å². The zero-order chi connectivity index (χ0) is 12.7. The lowest BCUT2D eigenvalue weighted by molar-refractivity contribution is -0.120. The molecular formula is C13H23N3O. The molecular weight excluding hydrogens is 214 g/mol. The van der Waals surface area contributed by atoms with E-state index in [9.17, 15) is 4.79 Å². The number of amides is 1. The number of carbonyl (C=O) groups excluding carboxylic acids is 1. The molecule has 4 heteroatoms. The van der Waals surface area contributed by atoms with Gasteiger partial charge >= 0.3 is 0 Å². The summed E-state index contributed by atoms with van der Waals surface area (Å²) in [7, 11) is 0. The molecule has 1 rings (SSSR count). The van der Waals surface area contributed by atoms with Crippen LogP contribution in [0, 0.1) is 23.2 Å². The summed E-state index contributed by atoms with van der Waals surface area (Å²) in [5, 5.41) is 15.1. The summed E-state index contributed by atoms with van der Waals surface area (Å²) in [6, 6.07) is 2.53. The molecule has 0 aromatic heterocycles. The first-order valence-electron chi connectivity index (χ1n) is 6.53. The lowest BCUT2D eigenvalue weighted by Gasteiger charge is -2.27. The summed E-state index contributed by atoms with van der Waals surface area (Å²) in [6.45, 7) is 5.18. The first kappa shape index (κ1) is 14.0. The Bertz CT molecular complexity index is 283. The second-order valence-electron chi connectivity index (χ2n) is 5.21. The van der Waals surface area contributed by atoms with E-state index >= 15 is 0 Å². The Kier molecular flexibility index (Phi) is 5.99. The highest BCUT2D eigenvalue weighted by atomic mass is 16.1. The Hall–Kier alpha value is -1.08. The first-order valence-corrected chi connectivity index (χ1v) is 6.53. The summed E-state index contributed by atoms with van der Waals surface area (Å²) in [5.74, 6) is 0.572. The molecule has 0 radical (unpaired) electrons. The number of nitrogens with zero attached hydrogens (tertiary/aromatic N) is 1. The van der Waals surface area contributed by atoms with Gasteiger partial charge in [-0.05, 0) is 18.8 Å². The monoisotopic (exact) mass is 237 g/mol. The lowest BCUT2D eigenvalue weighted by atomic mass is 9.85. The van der Waals surface area contributed by atoms with Crippen LogP contribution in [0.15, 0.2) is 0 Å². The molecule has 1 saturated carbocycles. The third-order valence-electron chi connectivity index (χ3n) is 3.16. The van der Waals surface area contributed by atoms with Crippen LogP contribution in [0.3, 0.4) is 0 Å². The van der Waals surface area contributed by atoms with Crippen LogP contribution < -0.4 is 10.6 Å². The highest BCUT2D eigenvalue weighted by molar-refractivity contribution is 5.78. The summed E-state index contributed by atoms with van der Waals surface area (Å²) in [5.41, 5.74) is 0. The van der Waals surface area contributed by atoms with Crippen molar-refractivity contribution < 1.29 is 4.79 Å². The molecule has 0 spiro atoms. The van der Waals surface area contributed by atoms with Gasteiger partial charge in [-0.3, -0.25) is 4.79 Å². The van der Waals surface area contributed by atoms with E-state index in [1.165, 1.54) is 0 Å². The van der Waals surface area contributed by atoms with Gasteiger partial charge in [0.15, 0.2) is 0 Å². The molecule has 0 aliphatic heterocycles. The van der Waals surface area contributed by atoms with Crippen molar-refractivity contribution in [1.82, 2.24) is 10.6 Å². The fourth-order valence-electron chi connectivity index (χ4n) is 2.13. The van der Waals surface area contributed by atoms with E-state index in [1.807, 2.05) is 0 Å². The molecule has 0 heterocycles. The maximum absolute atomic E-state index is 11.5. The predicted octanol–water partition coefficient (Wildman–Crippen LogP) is 1.43. The largest absolute Gasteiger partial charge is 0.355 e. The van der Waals surface area contributed by atoms with Crippen molar-refractivity contribution >= 4 is 5.91 Å². The van der Waals surface area contributed by atoms with Crippen LogP contribution in [0.25, 0.3) is 0 Å². The van der Waals surface area contributed by atoms with Crippen LogP contribution in [-0.4, -0.2) is 25.0 Å². The minimum absolute atomic E-state index is 0.0287. The molecule has 1 aliphatic carbocycles. The van der Waals surface area contributed by atoms with Crippen molar-refractivity contribution in [1.29, 1.82) is 5.26 Å². The van der Waals surface area contributed by atoms with Crippen molar-refractivity contribution in [2.45, 2.75) is 45.6 Å². The quantitative estimate of drug-likeness (QED) is 0.760. The summed E-state index contributed by atoms with van der Waals surface area (Å²) >= 11 is 0. The number of rotatable bonds is 5. The third kappa shape index (κ3) is 5.18. The van der Waals surface area contributed by atoms with Gasteiger partial charge in [-0.25, -0.2) is 0 Å². The molecule has 2 atom stereocenters. The molecule has 17 heavy (non-hydrogen) atoms. The van der Waals surface area contributed by atoms with Crippen LogP contribution in [-0.2, 0) is 4.79 Å². The molecule has 0 aromatic rings. The van der Waals surface area contributed by atoms with Crippen LogP contribution in [0.2, 0.25) is 0 Å². The average molecular weight is 237 g/mol. The second-order valence-corrected chi connectivity index (χ2v) is 5.21. The van der Waals surface area contributed by atoms with Gasteiger partial charge < -0.3 is 10.6 Å². The van der Waals surface area contributed by atoms with Crippen LogP contribution in [0.4, 0.5) is 0 Å². The third-order valence-corrected chi connectivity index (χ3v) is 3.16. The van der Waals surface area contributed by atoms with Gasteiger partial charge in [-0.1, -0.05) is 26.7 Å². The van der Waals surface area contributed by atoms with E-state index in [0.29, 0.717) is 19.0 Å². The first-order chi connectivity index (χ1) is 8.13. The van der Waals surface area contributed by atoms with E-state index in [-0.39, 0.29) is 17.9 Å². The van der Waals surface area contributed by atoms with Gasteiger partial charge in [0, 0.05) is 12.6 Å². The van der Waals surface area contributed by atoms with Crippen molar-refractivity contribution in [3.05, 3.63) is 0 Å². The maximum atomic E-state index is 11.5. The Morgan fingerprint density at radius 3 is 2.76 bits per heavy atom. The Morgan fingerprint density at radius 2 is 2.12 bits per heavy atom. The Labute approximate surface area is 104 Å². The van der Waals surface area contributed by atoms with E-state index in [4.69, 9.17) is 5.26 Å². The summed E-state index contributed by atoms with van der Waals surface area (Å²) in [6.07, 6.45) is 4.26. The minimum Gasteiger partial charge on any atom is -0.355 e. The smallest absolute Gasteiger partial charge is 0.233 e. The normalized spacial score (nSPS) is 24.4. The van der Waals surface area contributed by atoms with E-state index in [1.54, 1.807) is 0 Å². The molecule has 0 saturated heterocycles. The summed E-state index contributed by atoms with van der Waals surface area (Å²) < 4.78 is 0. The molecule has 2 unspecified atom stereocenters. The van der Waals surface area contributed by atoms with Crippen molar-refractivity contribution in [3.8, 4) is 6.07 Å². The number of hydrogen-bond donors (Lipinski definition) is 2. The van der Waals surface area contributed by atoms with Crippen molar-refractivity contribution in [3.63, 3.8) is 0 Å². The number of nitriles is 1. The van der Waals surface area contributed by atoms with Crippen molar-refractivity contribution in [2.24, 2.45) is 11.8 Å². The molecule has 0 aromatic carbocycles. The fourth-order valence-corrected chi connectivity index (χ4v) is 2.13. The molecule has 0 bridgehead atoms. The van der Waals surface area contributed by atoms with Gasteiger partial charge in [-0.15, -0.1) is 0 Å². The Balaban J connectivity index is 2.24. The van der Waals surface area contributed by atoms with Crippen LogP contribution in [0.5, 0.6) is 0 Å². The summed E-state index contributed by atoms with van der Waals surface area (Å²) in [4.78, 5) is 11.5. The molecule has 1 amide bonds.